The molecule has 0 unspecified atom stereocenters. The maximum absolute atomic E-state index is 5.40. The van der Waals surface area contributed by atoms with Crippen LogP contribution in [0, 0.1) is 0 Å². The third-order valence-corrected chi connectivity index (χ3v) is 3.49. The molecule has 1 N–H and O–H groups in total. The van der Waals surface area contributed by atoms with Crippen molar-refractivity contribution in [3.05, 3.63) is 17.5 Å². The number of nitrogens with zero attached hydrogens (tertiary/aromatic N) is 2. The van der Waals surface area contributed by atoms with Crippen LogP contribution in [-0.2, 0) is 13.1 Å². The quantitative estimate of drug-likeness (QED) is 0.873. The van der Waals surface area contributed by atoms with Gasteiger partial charge in [-0.25, -0.2) is 0 Å². The second-order valence-electron chi connectivity index (χ2n) is 5.11. The molecule has 1 aromatic rings. The van der Waals surface area contributed by atoms with E-state index >= 15 is 0 Å². The van der Waals surface area contributed by atoms with Crippen molar-refractivity contribution in [2.75, 3.05) is 19.6 Å². The Morgan fingerprint density at radius 3 is 2.67 bits per heavy atom. The maximum atomic E-state index is 5.40. The molecule has 0 spiro atoms. The molecule has 0 radical (unpaired) electrons. The highest BCUT2D eigenvalue weighted by Gasteiger charge is 2.11. The smallest absolute Gasteiger partial charge is 0.151 e. The van der Waals surface area contributed by atoms with Gasteiger partial charge in [0.05, 0.1) is 12.2 Å². The highest BCUT2D eigenvalue weighted by atomic mass is 16.5. The summed E-state index contributed by atoms with van der Waals surface area (Å²) in [5.74, 6) is 1.00. The van der Waals surface area contributed by atoms with Gasteiger partial charge in [0.1, 0.15) is 0 Å². The Labute approximate surface area is 110 Å². The van der Waals surface area contributed by atoms with Crippen LogP contribution in [0.15, 0.2) is 10.6 Å². The van der Waals surface area contributed by atoms with Crippen molar-refractivity contribution in [3.8, 4) is 0 Å². The molecular weight excluding hydrogens is 226 g/mol. The lowest BCUT2D eigenvalue weighted by Crippen LogP contribution is -2.26. The largest absolute Gasteiger partial charge is 0.360 e. The molecule has 0 aliphatic carbocycles. The SMILES string of the molecule is CCNCc1cc(CN2CCCCCCC2)on1. The van der Waals surface area contributed by atoms with Crippen molar-refractivity contribution in [2.45, 2.75) is 52.1 Å². The van der Waals surface area contributed by atoms with Gasteiger partial charge in [0.25, 0.3) is 0 Å². The van der Waals surface area contributed by atoms with Crippen molar-refractivity contribution in [1.82, 2.24) is 15.4 Å². The maximum Gasteiger partial charge on any atom is 0.151 e. The van der Waals surface area contributed by atoms with Crippen LogP contribution < -0.4 is 5.32 Å². The average molecular weight is 251 g/mol. The zero-order valence-corrected chi connectivity index (χ0v) is 11.5. The molecule has 0 aromatic carbocycles. The molecule has 4 nitrogen and oxygen atoms in total. The predicted octanol–water partition coefficient (Wildman–Crippen LogP) is 2.55. The Morgan fingerprint density at radius 1 is 1.22 bits per heavy atom. The number of hydrogen-bond acceptors (Lipinski definition) is 4. The summed E-state index contributed by atoms with van der Waals surface area (Å²) in [6.45, 7) is 7.18. The van der Waals surface area contributed by atoms with Gasteiger partial charge in [0, 0.05) is 12.6 Å². The standard InChI is InChI=1S/C14H25N3O/c1-2-15-11-13-10-14(18-16-13)12-17-8-6-4-3-5-7-9-17/h10,15H,2-9,11-12H2,1H3. The fraction of sp³-hybridized carbons (Fsp3) is 0.786. The summed E-state index contributed by atoms with van der Waals surface area (Å²) in [4.78, 5) is 2.50. The molecule has 1 aromatic heterocycles. The molecule has 1 fully saturated rings. The van der Waals surface area contributed by atoms with E-state index in [1.807, 2.05) is 0 Å². The van der Waals surface area contributed by atoms with Crippen LogP contribution >= 0.6 is 0 Å². The number of hydrogen-bond donors (Lipinski definition) is 1. The fourth-order valence-corrected chi connectivity index (χ4v) is 2.46. The molecular formula is C14H25N3O. The number of rotatable bonds is 5. The Hall–Kier alpha value is -0.870. The summed E-state index contributed by atoms with van der Waals surface area (Å²) < 4.78 is 5.40. The lowest BCUT2D eigenvalue weighted by molar-refractivity contribution is 0.212. The van der Waals surface area contributed by atoms with E-state index in [4.69, 9.17) is 4.52 Å². The van der Waals surface area contributed by atoms with Crippen molar-refractivity contribution in [3.63, 3.8) is 0 Å². The molecule has 2 heterocycles. The first-order valence-electron chi connectivity index (χ1n) is 7.26. The third kappa shape index (κ3) is 4.42. The van der Waals surface area contributed by atoms with Crippen molar-refractivity contribution in [2.24, 2.45) is 0 Å². The van der Waals surface area contributed by atoms with Crippen LogP contribution in [0.4, 0.5) is 0 Å². The van der Waals surface area contributed by atoms with Crippen LogP contribution in [-0.4, -0.2) is 29.7 Å². The van der Waals surface area contributed by atoms with E-state index in [-0.39, 0.29) is 0 Å². The summed E-state index contributed by atoms with van der Waals surface area (Å²) in [5, 5.41) is 7.36. The van der Waals surface area contributed by atoms with Gasteiger partial charge in [-0.3, -0.25) is 4.90 Å². The normalized spacial score (nSPS) is 18.5. The molecule has 102 valence electrons. The molecule has 18 heavy (non-hydrogen) atoms. The second kappa shape index (κ2) is 7.54. The van der Waals surface area contributed by atoms with Crippen LogP contribution in [0.3, 0.4) is 0 Å². The summed E-state index contributed by atoms with van der Waals surface area (Å²) in [5.41, 5.74) is 1.01. The molecule has 0 amide bonds. The third-order valence-electron chi connectivity index (χ3n) is 3.49. The molecule has 0 atom stereocenters. The van der Waals surface area contributed by atoms with E-state index in [2.05, 4.69) is 28.4 Å². The molecule has 2 rings (SSSR count). The first-order chi connectivity index (χ1) is 8.88. The average Bonchev–Trinajstić information content (AvgIpc) is 2.77. The van der Waals surface area contributed by atoms with E-state index in [1.54, 1.807) is 0 Å². The van der Waals surface area contributed by atoms with Crippen LogP contribution in [0.1, 0.15) is 50.5 Å². The highest BCUT2D eigenvalue weighted by molar-refractivity contribution is 5.05. The summed E-state index contributed by atoms with van der Waals surface area (Å²) in [6.07, 6.45) is 6.79. The Kier molecular flexibility index (Phi) is 5.68. The van der Waals surface area contributed by atoms with Crippen LogP contribution in [0.5, 0.6) is 0 Å². The lowest BCUT2D eigenvalue weighted by Gasteiger charge is -2.22. The summed E-state index contributed by atoms with van der Waals surface area (Å²) >= 11 is 0. The molecule has 1 aliphatic rings. The van der Waals surface area contributed by atoms with Crippen LogP contribution in [0.25, 0.3) is 0 Å². The van der Waals surface area contributed by atoms with E-state index in [0.29, 0.717) is 0 Å². The Morgan fingerprint density at radius 2 is 1.94 bits per heavy atom. The minimum atomic E-state index is 0.806. The number of likely N-dealkylation sites (tertiary alicyclic amines) is 1. The van der Waals surface area contributed by atoms with Gasteiger partial charge in [-0.1, -0.05) is 31.3 Å². The van der Waals surface area contributed by atoms with Gasteiger partial charge in [-0.05, 0) is 32.5 Å². The van der Waals surface area contributed by atoms with Gasteiger partial charge < -0.3 is 9.84 Å². The van der Waals surface area contributed by atoms with Gasteiger partial charge >= 0.3 is 0 Å². The second-order valence-corrected chi connectivity index (χ2v) is 5.11. The highest BCUT2D eigenvalue weighted by Crippen LogP contribution is 2.14. The van der Waals surface area contributed by atoms with E-state index in [1.165, 1.54) is 45.2 Å². The zero-order valence-electron chi connectivity index (χ0n) is 11.5. The van der Waals surface area contributed by atoms with Crippen molar-refractivity contribution >= 4 is 0 Å². The molecule has 4 heteroatoms. The van der Waals surface area contributed by atoms with Crippen LogP contribution in [0.2, 0.25) is 0 Å². The topological polar surface area (TPSA) is 41.3 Å². The predicted molar refractivity (Wildman–Crippen MR) is 72.2 cm³/mol. The minimum absolute atomic E-state index is 0.806. The summed E-state index contributed by atoms with van der Waals surface area (Å²) in [6, 6.07) is 2.08. The van der Waals surface area contributed by atoms with E-state index in [9.17, 15) is 0 Å². The molecule has 0 saturated carbocycles. The Bertz CT molecular complexity index is 330. The molecule has 0 bridgehead atoms. The molecule has 1 aliphatic heterocycles. The summed E-state index contributed by atoms with van der Waals surface area (Å²) in [7, 11) is 0. The van der Waals surface area contributed by atoms with E-state index in [0.717, 1.165) is 31.1 Å². The lowest BCUT2D eigenvalue weighted by atomic mass is 10.1. The first kappa shape index (κ1) is 13.6. The van der Waals surface area contributed by atoms with Gasteiger partial charge in [0.15, 0.2) is 5.76 Å². The van der Waals surface area contributed by atoms with E-state index < -0.39 is 0 Å². The monoisotopic (exact) mass is 251 g/mol. The Balaban J connectivity index is 1.81. The number of aromatic nitrogens is 1. The van der Waals surface area contributed by atoms with Gasteiger partial charge in [-0.2, -0.15) is 0 Å². The first-order valence-corrected chi connectivity index (χ1v) is 7.26. The fourth-order valence-electron chi connectivity index (χ4n) is 2.46. The van der Waals surface area contributed by atoms with Gasteiger partial charge in [-0.15, -0.1) is 0 Å². The zero-order chi connectivity index (χ0) is 12.6. The number of nitrogens with one attached hydrogen (secondary N) is 1. The van der Waals surface area contributed by atoms with Gasteiger partial charge in [0.2, 0.25) is 0 Å². The van der Waals surface area contributed by atoms with Crippen molar-refractivity contribution in [1.29, 1.82) is 0 Å². The minimum Gasteiger partial charge on any atom is -0.360 e. The van der Waals surface area contributed by atoms with Crippen molar-refractivity contribution < 1.29 is 4.52 Å². The molecule has 1 saturated heterocycles.